The molecule has 0 saturated carbocycles. The van der Waals surface area contributed by atoms with E-state index < -0.39 is 0 Å². The van der Waals surface area contributed by atoms with Gasteiger partial charge in [-0.2, -0.15) is 0 Å². The second kappa shape index (κ2) is 1.05. The number of hydrogen-bond donors (Lipinski definition) is 0. The Kier molecular flexibility index (Phi) is 0.572. The quantitative estimate of drug-likeness (QED) is 0.401. The van der Waals surface area contributed by atoms with E-state index >= 15 is 0 Å². The molecule has 0 bridgehead atoms. The number of rotatable bonds is 0. The van der Waals surface area contributed by atoms with Gasteiger partial charge >= 0.3 is 0 Å². The molecule has 0 atom stereocenters. The lowest BCUT2D eigenvalue weighted by Crippen LogP contribution is -1.76. The minimum Gasteiger partial charge on any atom is -0.267 e. The average molecular weight is 80.1 g/mol. The van der Waals surface area contributed by atoms with Crippen LogP contribution >= 0.6 is 0 Å². The number of carbonyl (C=O) groups is 1. The van der Waals surface area contributed by atoms with Gasteiger partial charge in [-0.3, -0.25) is 4.79 Å². The van der Waals surface area contributed by atoms with Crippen molar-refractivity contribution in [1.29, 1.82) is 0 Å². The average Bonchev–Trinajstić information content (AvgIpc) is 1.86. The van der Waals surface area contributed by atoms with Crippen LogP contribution in [-0.2, 0) is 4.79 Å². The smallest absolute Gasteiger partial charge is 0.267 e. The molecule has 2 nitrogen and oxygen atoms in total. The Hall–Kier alpha value is -0.920. The van der Waals surface area contributed by atoms with Crippen molar-refractivity contribution >= 4 is 12.1 Å². The monoisotopic (exact) mass is 80.0 g/mol. The van der Waals surface area contributed by atoms with E-state index in [0.717, 1.165) is 0 Å². The highest BCUT2D eigenvalue weighted by Crippen LogP contribution is 1.81. The topological polar surface area (TPSA) is 29.4 Å². The third-order valence-electron chi connectivity index (χ3n) is 0.473. The van der Waals surface area contributed by atoms with Gasteiger partial charge < -0.3 is 0 Å². The van der Waals surface area contributed by atoms with Gasteiger partial charge in [0.05, 0.1) is 6.08 Å². The van der Waals surface area contributed by atoms with E-state index in [9.17, 15) is 4.79 Å². The molecule has 2 heteroatoms. The normalized spacial score (nSPS) is 17.0. The minimum absolute atomic E-state index is 0.282. The molecule has 0 N–H and O–H groups in total. The summed E-state index contributed by atoms with van der Waals surface area (Å²) in [5.74, 6) is -0.282. The molecule has 0 aromatic rings. The van der Waals surface area contributed by atoms with Crippen molar-refractivity contribution in [3.05, 3.63) is 12.2 Å². The highest BCUT2D eigenvalue weighted by Gasteiger charge is 1.91. The van der Waals surface area contributed by atoms with Crippen LogP contribution < -0.4 is 0 Å². The Balaban J connectivity index is 2.86. The van der Waals surface area contributed by atoms with Crippen LogP contribution in [-0.4, -0.2) is 12.1 Å². The van der Waals surface area contributed by atoms with E-state index in [1.54, 1.807) is 0 Å². The number of hydrogen-bond acceptors (Lipinski definition) is 1. The Labute approximate surface area is 35.2 Å². The van der Waals surface area contributed by atoms with Crippen molar-refractivity contribution < 1.29 is 4.79 Å². The zero-order valence-electron chi connectivity index (χ0n) is 3.01. The SMILES string of the molecule is O=C1[C]=CC=N1. The first-order chi connectivity index (χ1) is 2.89. The summed E-state index contributed by atoms with van der Waals surface area (Å²) >= 11 is 0. The summed E-state index contributed by atoms with van der Waals surface area (Å²) < 4.78 is 0. The fourth-order valence-electron chi connectivity index (χ4n) is 0.251. The molecule has 0 saturated heterocycles. The highest BCUT2D eigenvalue weighted by molar-refractivity contribution is 6.00. The maximum absolute atomic E-state index is 9.90. The van der Waals surface area contributed by atoms with E-state index in [2.05, 4.69) is 11.1 Å². The maximum atomic E-state index is 9.90. The van der Waals surface area contributed by atoms with Gasteiger partial charge in [0.1, 0.15) is 0 Å². The molecule has 0 fully saturated rings. The summed E-state index contributed by atoms with van der Waals surface area (Å²) in [6, 6.07) is 0. The number of nitrogens with zero attached hydrogens (tertiary/aromatic N) is 1. The molecule has 0 aromatic heterocycles. The minimum atomic E-state index is -0.282. The van der Waals surface area contributed by atoms with Gasteiger partial charge in [0.15, 0.2) is 0 Å². The molecule has 1 amide bonds. The van der Waals surface area contributed by atoms with E-state index in [1.807, 2.05) is 0 Å². The van der Waals surface area contributed by atoms with Gasteiger partial charge in [0.25, 0.3) is 5.91 Å². The van der Waals surface area contributed by atoms with Gasteiger partial charge in [-0.1, -0.05) is 0 Å². The molecule has 0 aromatic carbocycles. The van der Waals surface area contributed by atoms with E-state index in [1.165, 1.54) is 12.3 Å². The molecule has 29 valence electrons. The van der Waals surface area contributed by atoms with Crippen molar-refractivity contribution in [1.82, 2.24) is 0 Å². The Morgan fingerprint density at radius 1 is 1.83 bits per heavy atom. The van der Waals surface area contributed by atoms with Gasteiger partial charge in [-0.05, 0) is 6.08 Å². The predicted molar refractivity (Wildman–Crippen MR) is 21.3 cm³/mol. The summed E-state index contributed by atoms with van der Waals surface area (Å²) in [4.78, 5) is 13.2. The largest absolute Gasteiger partial charge is 0.277 e. The van der Waals surface area contributed by atoms with Crippen molar-refractivity contribution in [3.8, 4) is 0 Å². The van der Waals surface area contributed by atoms with Crippen LogP contribution in [0.2, 0.25) is 0 Å². The maximum Gasteiger partial charge on any atom is 0.277 e. The van der Waals surface area contributed by atoms with E-state index in [4.69, 9.17) is 0 Å². The van der Waals surface area contributed by atoms with Crippen LogP contribution in [0.25, 0.3) is 0 Å². The summed E-state index contributed by atoms with van der Waals surface area (Å²) in [7, 11) is 0. The van der Waals surface area contributed by atoms with Gasteiger partial charge in [0, 0.05) is 6.21 Å². The van der Waals surface area contributed by atoms with Gasteiger partial charge in [-0.25, -0.2) is 4.99 Å². The zero-order chi connectivity index (χ0) is 4.41. The van der Waals surface area contributed by atoms with Crippen molar-refractivity contribution in [3.63, 3.8) is 0 Å². The van der Waals surface area contributed by atoms with Crippen molar-refractivity contribution in [2.24, 2.45) is 4.99 Å². The molecule has 1 aliphatic rings. The van der Waals surface area contributed by atoms with E-state index in [-0.39, 0.29) is 5.91 Å². The van der Waals surface area contributed by atoms with Crippen molar-refractivity contribution in [2.45, 2.75) is 0 Å². The lowest BCUT2D eigenvalue weighted by atomic mass is 10.6. The summed E-state index contributed by atoms with van der Waals surface area (Å²) in [6.07, 6.45) is 5.24. The molecule has 1 rings (SSSR count). The lowest BCUT2D eigenvalue weighted by molar-refractivity contribution is -0.113. The van der Waals surface area contributed by atoms with Crippen LogP contribution in [0.3, 0.4) is 0 Å². The number of aliphatic imine (C=N–C) groups is 1. The second-order valence-corrected chi connectivity index (χ2v) is 0.894. The third kappa shape index (κ3) is 0.360. The van der Waals surface area contributed by atoms with Crippen molar-refractivity contribution in [2.75, 3.05) is 0 Å². The fraction of sp³-hybridized carbons (Fsp3) is 0. The molecule has 0 spiro atoms. The summed E-state index contributed by atoms with van der Waals surface area (Å²) in [5.41, 5.74) is 0. The number of amides is 1. The first-order valence-electron chi connectivity index (χ1n) is 1.56. The molecule has 1 aliphatic heterocycles. The zero-order valence-corrected chi connectivity index (χ0v) is 3.01. The molecule has 6 heavy (non-hydrogen) atoms. The number of carbonyl (C=O) groups excluding carboxylic acids is 1. The fourth-order valence-corrected chi connectivity index (χ4v) is 0.251. The van der Waals surface area contributed by atoms with Gasteiger partial charge in [0.2, 0.25) is 0 Å². The first kappa shape index (κ1) is 3.28. The summed E-state index contributed by atoms with van der Waals surface area (Å²) in [6.45, 7) is 0. The third-order valence-corrected chi connectivity index (χ3v) is 0.473. The van der Waals surface area contributed by atoms with Crippen LogP contribution in [0, 0.1) is 6.08 Å². The Bertz CT molecular complexity index is 110. The van der Waals surface area contributed by atoms with Crippen LogP contribution in [0.5, 0.6) is 0 Å². The standard InChI is InChI=1S/C4H2NO/c6-4-2-1-3-5-4/h1,3H. The molecular formula is C4H2NO. The Morgan fingerprint density at radius 2 is 2.67 bits per heavy atom. The van der Waals surface area contributed by atoms with Crippen LogP contribution in [0.4, 0.5) is 0 Å². The molecule has 1 heterocycles. The molecular weight excluding hydrogens is 78.0 g/mol. The number of allylic oxidation sites excluding steroid dienone is 1. The van der Waals surface area contributed by atoms with E-state index in [0.29, 0.717) is 0 Å². The second-order valence-electron chi connectivity index (χ2n) is 0.894. The van der Waals surface area contributed by atoms with Crippen LogP contribution in [0.1, 0.15) is 0 Å². The van der Waals surface area contributed by atoms with Gasteiger partial charge in [-0.15, -0.1) is 0 Å². The Morgan fingerprint density at radius 3 is 2.83 bits per heavy atom. The van der Waals surface area contributed by atoms with Crippen LogP contribution in [0.15, 0.2) is 11.1 Å². The predicted octanol–water partition coefficient (Wildman–Crippen LogP) is -0.0432. The molecule has 0 unspecified atom stereocenters. The summed E-state index contributed by atoms with van der Waals surface area (Å²) in [5, 5.41) is 0. The lowest BCUT2D eigenvalue weighted by Gasteiger charge is -1.61. The first-order valence-corrected chi connectivity index (χ1v) is 1.56. The highest BCUT2D eigenvalue weighted by atomic mass is 16.1. The molecule has 0 aliphatic carbocycles. The molecule has 1 radical (unpaired) electrons.